The second-order valence-corrected chi connectivity index (χ2v) is 5.03. The monoisotopic (exact) mass is 266 g/mol. The van der Waals surface area contributed by atoms with E-state index in [9.17, 15) is 4.79 Å². The van der Waals surface area contributed by atoms with Crippen LogP contribution in [0.3, 0.4) is 0 Å². The van der Waals surface area contributed by atoms with Crippen molar-refractivity contribution in [2.75, 3.05) is 19.6 Å². The van der Waals surface area contributed by atoms with Crippen molar-refractivity contribution in [3.05, 3.63) is 34.9 Å². The molecule has 1 atom stereocenters. The van der Waals surface area contributed by atoms with E-state index in [0.29, 0.717) is 16.6 Å². The lowest BCUT2D eigenvalue weighted by Crippen LogP contribution is -2.48. The van der Waals surface area contributed by atoms with E-state index in [2.05, 4.69) is 5.32 Å². The van der Waals surface area contributed by atoms with Gasteiger partial charge in [-0.2, -0.15) is 0 Å². The lowest BCUT2D eigenvalue weighted by Gasteiger charge is -2.34. The molecule has 1 fully saturated rings. The summed E-state index contributed by atoms with van der Waals surface area (Å²) in [6, 6.07) is 7.43. The van der Waals surface area contributed by atoms with Crippen LogP contribution in [0, 0.1) is 0 Å². The predicted octanol–water partition coefficient (Wildman–Crippen LogP) is 2.55. The van der Waals surface area contributed by atoms with Crippen molar-refractivity contribution in [2.45, 2.75) is 25.8 Å². The molecule has 1 aromatic rings. The summed E-state index contributed by atoms with van der Waals surface area (Å²) in [6.07, 6.45) is 2.22. The summed E-state index contributed by atoms with van der Waals surface area (Å²) in [5, 5.41) is 4.01. The fourth-order valence-electron chi connectivity index (χ4n) is 2.43. The van der Waals surface area contributed by atoms with Gasteiger partial charge in [0.25, 0.3) is 5.91 Å². The quantitative estimate of drug-likeness (QED) is 0.912. The van der Waals surface area contributed by atoms with Gasteiger partial charge in [0, 0.05) is 29.7 Å². The largest absolute Gasteiger partial charge is 0.335 e. The minimum atomic E-state index is 0.0999. The Morgan fingerprint density at radius 2 is 2.17 bits per heavy atom. The molecule has 1 aromatic carbocycles. The first-order chi connectivity index (χ1) is 8.72. The van der Waals surface area contributed by atoms with E-state index in [1.165, 1.54) is 0 Å². The number of hydrogen-bond donors (Lipinski definition) is 1. The zero-order valence-electron chi connectivity index (χ0n) is 10.7. The highest BCUT2D eigenvalue weighted by Crippen LogP contribution is 2.16. The molecule has 1 saturated heterocycles. The van der Waals surface area contributed by atoms with Gasteiger partial charge in [-0.05, 0) is 50.6 Å². The Morgan fingerprint density at radius 3 is 2.72 bits per heavy atom. The number of rotatable bonds is 3. The second-order valence-electron chi connectivity index (χ2n) is 4.60. The Morgan fingerprint density at radius 1 is 1.44 bits per heavy atom. The molecule has 0 spiro atoms. The number of benzene rings is 1. The molecular formula is C14H19ClN2O. The molecule has 4 heteroatoms. The lowest BCUT2D eigenvalue weighted by atomic mass is 10.0. The summed E-state index contributed by atoms with van der Waals surface area (Å²) in [4.78, 5) is 14.4. The van der Waals surface area contributed by atoms with E-state index in [0.717, 1.165) is 32.5 Å². The van der Waals surface area contributed by atoms with Crippen LogP contribution in [0.1, 0.15) is 30.1 Å². The Kier molecular flexibility index (Phi) is 4.61. The maximum absolute atomic E-state index is 12.4. The summed E-state index contributed by atoms with van der Waals surface area (Å²) in [5.41, 5.74) is 0.715. The summed E-state index contributed by atoms with van der Waals surface area (Å²) in [5.74, 6) is 0.0999. The van der Waals surface area contributed by atoms with E-state index in [4.69, 9.17) is 11.6 Å². The number of piperidine rings is 1. The minimum Gasteiger partial charge on any atom is -0.335 e. The van der Waals surface area contributed by atoms with Gasteiger partial charge >= 0.3 is 0 Å². The number of halogens is 1. The van der Waals surface area contributed by atoms with Gasteiger partial charge in [-0.25, -0.2) is 0 Å². The molecule has 1 N–H and O–H groups in total. The van der Waals surface area contributed by atoms with E-state index in [-0.39, 0.29) is 5.91 Å². The van der Waals surface area contributed by atoms with Crippen LogP contribution in [0.25, 0.3) is 0 Å². The van der Waals surface area contributed by atoms with Gasteiger partial charge in [-0.15, -0.1) is 0 Å². The van der Waals surface area contributed by atoms with Crippen molar-refractivity contribution in [3.63, 3.8) is 0 Å². The SMILES string of the molecule is CCN(C(=O)c1ccc(Cl)cc1)C1CCCNC1. The normalized spacial score (nSPS) is 19.6. The molecule has 0 bridgehead atoms. The molecule has 0 radical (unpaired) electrons. The first kappa shape index (κ1) is 13.4. The van der Waals surface area contributed by atoms with Crippen LogP contribution in [0.4, 0.5) is 0 Å². The molecule has 1 aliphatic heterocycles. The molecule has 2 rings (SSSR count). The Balaban J connectivity index is 2.11. The molecule has 3 nitrogen and oxygen atoms in total. The highest BCUT2D eigenvalue weighted by molar-refractivity contribution is 6.30. The Hall–Kier alpha value is -1.06. The number of hydrogen-bond acceptors (Lipinski definition) is 2. The lowest BCUT2D eigenvalue weighted by molar-refractivity contribution is 0.0662. The third-order valence-corrected chi connectivity index (χ3v) is 3.66. The number of carbonyl (C=O) groups is 1. The summed E-state index contributed by atoms with van der Waals surface area (Å²) >= 11 is 5.84. The number of nitrogens with one attached hydrogen (secondary N) is 1. The summed E-state index contributed by atoms with van der Waals surface area (Å²) < 4.78 is 0. The van der Waals surface area contributed by atoms with E-state index >= 15 is 0 Å². The average Bonchev–Trinajstić information content (AvgIpc) is 2.41. The van der Waals surface area contributed by atoms with E-state index in [1.54, 1.807) is 24.3 Å². The van der Waals surface area contributed by atoms with Gasteiger partial charge < -0.3 is 10.2 Å². The van der Waals surface area contributed by atoms with Crippen molar-refractivity contribution in [1.82, 2.24) is 10.2 Å². The van der Waals surface area contributed by atoms with Crippen molar-refractivity contribution in [3.8, 4) is 0 Å². The average molecular weight is 267 g/mol. The number of carbonyl (C=O) groups excluding carboxylic acids is 1. The Labute approximate surface area is 113 Å². The maximum atomic E-state index is 12.4. The van der Waals surface area contributed by atoms with Gasteiger partial charge in [-0.3, -0.25) is 4.79 Å². The predicted molar refractivity (Wildman–Crippen MR) is 74.1 cm³/mol. The molecule has 0 aromatic heterocycles. The van der Waals surface area contributed by atoms with Gasteiger partial charge in [-0.1, -0.05) is 11.6 Å². The molecule has 18 heavy (non-hydrogen) atoms. The van der Waals surface area contributed by atoms with Gasteiger partial charge in [0.05, 0.1) is 0 Å². The second kappa shape index (κ2) is 6.21. The summed E-state index contributed by atoms with van der Waals surface area (Å²) in [6.45, 7) is 4.73. The van der Waals surface area contributed by atoms with Crippen molar-refractivity contribution in [2.24, 2.45) is 0 Å². The van der Waals surface area contributed by atoms with E-state index in [1.807, 2.05) is 11.8 Å². The molecule has 1 aliphatic rings. The number of amides is 1. The maximum Gasteiger partial charge on any atom is 0.254 e. The van der Waals surface area contributed by atoms with Gasteiger partial charge in [0.1, 0.15) is 0 Å². The highest BCUT2D eigenvalue weighted by atomic mass is 35.5. The zero-order valence-corrected chi connectivity index (χ0v) is 11.4. The van der Waals surface area contributed by atoms with Crippen LogP contribution in [0.15, 0.2) is 24.3 Å². The smallest absolute Gasteiger partial charge is 0.254 e. The molecule has 0 saturated carbocycles. The number of likely N-dealkylation sites (N-methyl/N-ethyl adjacent to an activating group) is 1. The summed E-state index contributed by atoms with van der Waals surface area (Å²) in [7, 11) is 0. The fraction of sp³-hybridized carbons (Fsp3) is 0.500. The van der Waals surface area contributed by atoms with Crippen molar-refractivity contribution in [1.29, 1.82) is 0 Å². The molecule has 1 heterocycles. The van der Waals surface area contributed by atoms with Crippen molar-refractivity contribution < 1.29 is 4.79 Å². The Bertz CT molecular complexity index is 399. The molecule has 98 valence electrons. The molecule has 1 amide bonds. The minimum absolute atomic E-state index is 0.0999. The first-order valence-corrected chi connectivity index (χ1v) is 6.87. The van der Waals surface area contributed by atoms with Crippen LogP contribution in [0.5, 0.6) is 0 Å². The van der Waals surface area contributed by atoms with E-state index < -0.39 is 0 Å². The number of nitrogens with zero attached hydrogens (tertiary/aromatic N) is 1. The first-order valence-electron chi connectivity index (χ1n) is 6.49. The van der Waals surface area contributed by atoms with Crippen molar-refractivity contribution >= 4 is 17.5 Å². The third kappa shape index (κ3) is 3.03. The highest BCUT2D eigenvalue weighted by Gasteiger charge is 2.24. The van der Waals surface area contributed by atoms with Crippen LogP contribution in [0.2, 0.25) is 5.02 Å². The van der Waals surface area contributed by atoms with Crippen LogP contribution >= 0.6 is 11.6 Å². The standard InChI is InChI=1S/C14H19ClN2O/c1-2-17(13-4-3-9-16-10-13)14(18)11-5-7-12(15)8-6-11/h5-8,13,16H,2-4,9-10H2,1H3. The van der Waals surface area contributed by atoms with Crippen LogP contribution < -0.4 is 5.32 Å². The van der Waals surface area contributed by atoms with Crippen LogP contribution in [-0.2, 0) is 0 Å². The fourth-order valence-corrected chi connectivity index (χ4v) is 2.55. The van der Waals surface area contributed by atoms with Gasteiger partial charge in [0.15, 0.2) is 0 Å². The topological polar surface area (TPSA) is 32.3 Å². The molecule has 1 unspecified atom stereocenters. The zero-order chi connectivity index (χ0) is 13.0. The molecule has 0 aliphatic carbocycles. The van der Waals surface area contributed by atoms with Gasteiger partial charge in [0.2, 0.25) is 0 Å². The third-order valence-electron chi connectivity index (χ3n) is 3.40. The van der Waals surface area contributed by atoms with Crippen LogP contribution in [-0.4, -0.2) is 36.5 Å². The molecular weight excluding hydrogens is 248 g/mol.